The molecule has 2 aromatic rings. The van der Waals surface area contributed by atoms with Gasteiger partial charge in [-0.25, -0.2) is 9.69 Å². The lowest BCUT2D eigenvalue weighted by atomic mass is 10.1. The zero-order valence-corrected chi connectivity index (χ0v) is 13.0. The third-order valence-electron chi connectivity index (χ3n) is 3.65. The third kappa shape index (κ3) is 3.31. The average Bonchev–Trinajstić information content (AvgIpc) is 2.98. The lowest BCUT2D eigenvalue weighted by molar-refractivity contribution is -0.119. The normalized spacial score (nSPS) is 13.0. The van der Waals surface area contributed by atoms with Crippen LogP contribution in [0.5, 0.6) is 0 Å². The molecular formula is C19H12N2O4. The molecule has 0 atom stereocenters. The number of hydrogen-bond acceptors (Lipinski definition) is 5. The summed E-state index contributed by atoms with van der Waals surface area (Å²) in [5, 5.41) is 9.04. The summed E-state index contributed by atoms with van der Waals surface area (Å²) in [6.45, 7) is -0.0457. The standard InChI is InChI=1S/C19H12N2O4/c20-11-14-4-1-2-5-15(14)12-25-19(24)13-6-3-7-16(10-13)21-17(22)8-9-18(21)23/h1-10H,12H2. The number of nitrogens with zero attached hydrogens (tertiary/aromatic N) is 2. The summed E-state index contributed by atoms with van der Waals surface area (Å²) in [4.78, 5) is 36.7. The van der Waals surface area contributed by atoms with Crippen LogP contribution in [-0.4, -0.2) is 17.8 Å². The van der Waals surface area contributed by atoms with E-state index in [4.69, 9.17) is 10.00 Å². The summed E-state index contributed by atoms with van der Waals surface area (Å²) in [7, 11) is 0. The molecule has 0 aromatic heterocycles. The first kappa shape index (κ1) is 16.1. The van der Waals surface area contributed by atoms with Crippen LogP contribution < -0.4 is 4.90 Å². The quantitative estimate of drug-likeness (QED) is 0.633. The summed E-state index contributed by atoms with van der Waals surface area (Å²) in [6, 6.07) is 14.9. The van der Waals surface area contributed by atoms with Crippen molar-refractivity contribution in [3.8, 4) is 6.07 Å². The van der Waals surface area contributed by atoms with Crippen LogP contribution in [0.1, 0.15) is 21.5 Å². The Kier molecular flexibility index (Phi) is 4.40. The van der Waals surface area contributed by atoms with E-state index in [1.54, 1.807) is 36.4 Å². The molecule has 6 heteroatoms. The molecule has 0 radical (unpaired) electrons. The minimum atomic E-state index is -0.610. The fourth-order valence-corrected chi connectivity index (χ4v) is 2.41. The van der Waals surface area contributed by atoms with Crippen LogP contribution in [0.4, 0.5) is 5.69 Å². The molecule has 1 heterocycles. The van der Waals surface area contributed by atoms with Gasteiger partial charge in [-0.05, 0) is 24.3 Å². The maximum Gasteiger partial charge on any atom is 0.338 e. The van der Waals surface area contributed by atoms with Crippen LogP contribution in [0, 0.1) is 11.3 Å². The van der Waals surface area contributed by atoms with E-state index in [-0.39, 0.29) is 12.2 Å². The first-order chi connectivity index (χ1) is 12.1. The van der Waals surface area contributed by atoms with Crippen LogP contribution in [0.15, 0.2) is 60.7 Å². The fourth-order valence-electron chi connectivity index (χ4n) is 2.41. The van der Waals surface area contributed by atoms with E-state index >= 15 is 0 Å². The van der Waals surface area contributed by atoms with Crippen LogP contribution in [0.2, 0.25) is 0 Å². The minimum absolute atomic E-state index is 0.0457. The van der Waals surface area contributed by atoms with Crippen molar-refractivity contribution < 1.29 is 19.1 Å². The number of amides is 2. The highest BCUT2D eigenvalue weighted by molar-refractivity contribution is 6.28. The summed E-state index contributed by atoms with van der Waals surface area (Å²) >= 11 is 0. The van der Waals surface area contributed by atoms with E-state index in [9.17, 15) is 14.4 Å². The van der Waals surface area contributed by atoms with Crippen molar-refractivity contribution in [1.29, 1.82) is 5.26 Å². The summed E-state index contributed by atoms with van der Waals surface area (Å²) in [5.41, 5.74) is 1.54. The fraction of sp³-hybridized carbons (Fsp3) is 0.0526. The molecule has 1 aliphatic heterocycles. The molecule has 2 amide bonds. The number of carbonyl (C=O) groups is 3. The number of imide groups is 1. The summed E-state index contributed by atoms with van der Waals surface area (Å²) in [6.07, 6.45) is 2.35. The van der Waals surface area contributed by atoms with Crippen molar-refractivity contribution in [2.45, 2.75) is 6.61 Å². The first-order valence-corrected chi connectivity index (χ1v) is 7.41. The highest BCUT2D eigenvalue weighted by Gasteiger charge is 2.25. The van der Waals surface area contributed by atoms with Gasteiger partial charge in [-0.1, -0.05) is 24.3 Å². The molecule has 122 valence electrons. The Labute approximate surface area is 143 Å². The lowest BCUT2D eigenvalue weighted by Crippen LogP contribution is -2.29. The van der Waals surface area contributed by atoms with Crippen molar-refractivity contribution in [1.82, 2.24) is 0 Å². The lowest BCUT2D eigenvalue weighted by Gasteiger charge is -2.14. The second-order valence-corrected chi connectivity index (χ2v) is 5.24. The van der Waals surface area contributed by atoms with Gasteiger partial charge >= 0.3 is 5.97 Å². The topological polar surface area (TPSA) is 87.5 Å². The van der Waals surface area contributed by atoms with Crippen molar-refractivity contribution >= 4 is 23.5 Å². The maximum absolute atomic E-state index is 12.2. The van der Waals surface area contributed by atoms with Gasteiger partial charge in [0.05, 0.1) is 22.9 Å². The van der Waals surface area contributed by atoms with Gasteiger partial charge in [0.25, 0.3) is 11.8 Å². The molecule has 0 N–H and O–H groups in total. The molecule has 0 spiro atoms. The van der Waals surface area contributed by atoms with Crippen molar-refractivity contribution in [3.05, 3.63) is 77.4 Å². The van der Waals surface area contributed by atoms with E-state index < -0.39 is 17.8 Å². The highest BCUT2D eigenvalue weighted by Crippen LogP contribution is 2.21. The maximum atomic E-state index is 12.2. The highest BCUT2D eigenvalue weighted by atomic mass is 16.5. The number of carbonyl (C=O) groups excluding carboxylic acids is 3. The smallest absolute Gasteiger partial charge is 0.338 e. The number of ether oxygens (including phenoxy) is 1. The number of nitriles is 1. The molecule has 25 heavy (non-hydrogen) atoms. The molecule has 0 fully saturated rings. The van der Waals surface area contributed by atoms with Crippen molar-refractivity contribution in [3.63, 3.8) is 0 Å². The van der Waals surface area contributed by atoms with Crippen molar-refractivity contribution in [2.24, 2.45) is 0 Å². The molecule has 0 saturated heterocycles. The molecule has 1 aliphatic rings. The molecule has 6 nitrogen and oxygen atoms in total. The number of hydrogen-bond donors (Lipinski definition) is 0. The van der Waals surface area contributed by atoms with E-state index in [2.05, 4.69) is 0 Å². The Balaban J connectivity index is 1.75. The Morgan fingerprint density at radius 1 is 1.04 bits per heavy atom. The minimum Gasteiger partial charge on any atom is -0.457 e. The number of rotatable bonds is 4. The number of benzene rings is 2. The molecule has 0 saturated carbocycles. The number of esters is 1. The van der Waals surface area contributed by atoms with Gasteiger partial charge in [0.15, 0.2) is 0 Å². The summed E-state index contributed by atoms with van der Waals surface area (Å²) < 4.78 is 5.23. The van der Waals surface area contributed by atoms with Crippen LogP contribution in [-0.2, 0) is 20.9 Å². The second-order valence-electron chi connectivity index (χ2n) is 5.24. The predicted molar refractivity (Wildman–Crippen MR) is 88.4 cm³/mol. The number of anilines is 1. The van der Waals surface area contributed by atoms with E-state index in [0.29, 0.717) is 16.8 Å². The Hall–Kier alpha value is -3.72. The monoisotopic (exact) mass is 332 g/mol. The predicted octanol–water partition coefficient (Wildman–Crippen LogP) is 2.34. The van der Waals surface area contributed by atoms with E-state index in [0.717, 1.165) is 4.90 Å². The van der Waals surface area contributed by atoms with Gasteiger partial charge in [-0.2, -0.15) is 5.26 Å². The van der Waals surface area contributed by atoms with E-state index in [1.807, 2.05) is 6.07 Å². The van der Waals surface area contributed by atoms with Gasteiger partial charge < -0.3 is 4.74 Å². The van der Waals surface area contributed by atoms with Crippen LogP contribution in [0.3, 0.4) is 0 Å². The zero-order valence-electron chi connectivity index (χ0n) is 13.0. The molecule has 0 unspecified atom stereocenters. The molecule has 3 rings (SSSR count). The molecule has 0 bridgehead atoms. The zero-order chi connectivity index (χ0) is 17.8. The first-order valence-electron chi connectivity index (χ1n) is 7.41. The largest absolute Gasteiger partial charge is 0.457 e. The third-order valence-corrected chi connectivity index (χ3v) is 3.65. The summed E-state index contributed by atoms with van der Waals surface area (Å²) in [5.74, 6) is -1.53. The van der Waals surface area contributed by atoms with E-state index in [1.165, 1.54) is 24.3 Å². The Bertz CT molecular complexity index is 922. The van der Waals surface area contributed by atoms with Gasteiger partial charge in [0, 0.05) is 17.7 Å². The Morgan fingerprint density at radius 2 is 1.76 bits per heavy atom. The van der Waals surface area contributed by atoms with Gasteiger partial charge in [-0.3, -0.25) is 9.59 Å². The van der Waals surface area contributed by atoms with Crippen LogP contribution in [0.25, 0.3) is 0 Å². The second kappa shape index (κ2) is 6.81. The molecular weight excluding hydrogens is 320 g/mol. The van der Waals surface area contributed by atoms with Crippen molar-refractivity contribution in [2.75, 3.05) is 4.90 Å². The van der Waals surface area contributed by atoms with Gasteiger partial charge in [0.1, 0.15) is 6.61 Å². The van der Waals surface area contributed by atoms with Gasteiger partial charge in [0.2, 0.25) is 0 Å². The SMILES string of the molecule is N#Cc1ccccc1COC(=O)c1cccc(N2C(=O)C=CC2=O)c1. The average molecular weight is 332 g/mol. The molecule has 2 aromatic carbocycles. The Morgan fingerprint density at radius 3 is 2.48 bits per heavy atom. The van der Waals surface area contributed by atoms with Crippen LogP contribution >= 0.6 is 0 Å². The van der Waals surface area contributed by atoms with Gasteiger partial charge in [-0.15, -0.1) is 0 Å². The molecule has 0 aliphatic carbocycles.